The molecule has 3 rings (SSSR count). The Balaban J connectivity index is 1.69. The van der Waals surface area contributed by atoms with Gasteiger partial charge in [-0.15, -0.1) is 0 Å². The van der Waals surface area contributed by atoms with E-state index < -0.39 is 0 Å². The smallest absolute Gasteiger partial charge is 0.131 e. The first-order valence-corrected chi connectivity index (χ1v) is 8.31. The summed E-state index contributed by atoms with van der Waals surface area (Å²) in [6.45, 7) is 10.1. The fourth-order valence-electron chi connectivity index (χ4n) is 3.58. The Kier molecular flexibility index (Phi) is 4.54. The van der Waals surface area contributed by atoms with Gasteiger partial charge in [0.2, 0.25) is 0 Å². The second-order valence-corrected chi connectivity index (χ2v) is 6.74. The normalized spacial score (nSPS) is 25.2. The molecule has 3 heterocycles. The number of nitrogens with zero attached hydrogens (tertiary/aromatic N) is 5. The van der Waals surface area contributed by atoms with Crippen molar-refractivity contribution in [2.24, 2.45) is 7.05 Å². The average molecular weight is 312 g/mol. The third-order valence-electron chi connectivity index (χ3n) is 4.85. The summed E-state index contributed by atoms with van der Waals surface area (Å²) < 4.78 is 1.81. The lowest BCUT2D eigenvalue weighted by Gasteiger charge is -2.46. The van der Waals surface area contributed by atoms with Crippen molar-refractivity contribution in [3.63, 3.8) is 0 Å². The molecule has 0 aliphatic carbocycles. The molecule has 1 unspecified atom stereocenters. The molecule has 0 radical (unpaired) electrons. The highest BCUT2D eigenvalue weighted by atomic mass is 35.5. The first-order valence-electron chi connectivity index (χ1n) is 7.93. The predicted octanol–water partition coefficient (Wildman–Crippen LogP) is 1.07. The molecule has 1 aromatic heterocycles. The van der Waals surface area contributed by atoms with Gasteiger partial charge < -0.3 is 4.90 Å². The Morgan fingerprint density at radius 1 is 1.14 bits per heavy atom. The van der Waals surface area contributed by atoms with Crippen molar-refractivity contribution in [1.82, 2.24) is 24.5 Å². The van der Waals surface area contributed by atoms with Crippen LogP contribution in [0.4, 0.5) is 0 Å². The third-order valence-corrected chi connectivity index (χ3v) is 5.32. The number of piperazine rings is 2. The molecule has 2 saturated heterocycles. The van der Waals surface area contributed by atoms with Gasteiger partial charge in [0.15, 0.2) is 0 Å². The molecular formula is C15H26ClN5. The monoisotopic (exact) mass is 311 g/mol. The van der Waals surface area contributed by atoms with Crippen molar-refractivity contribution >= 4 is 11.6 Å². The van der Waals surface area contributed by atoms with Crippen LogP contribution in [0.1, 0.15) is 18.2 Å². The van der Waals surface area contributed by atoms with Crippen LogP contribution < -0.4 is 0 Å². The lowest BCUT2D eigenvalue weighted by molar-refractivity contribution is 0.0174. The lowest BCUT2D eigenvalue weighted by Crippen LogP contribution is -2.61. The SMILES string of the molecule is CCc1nn(C)c(Cl)c1CN1CCN2CCN(C)CC2C1. The van der Waals surface area contributed by atoms with Crippen molar-refractivity contribution < 1.29 is 0 Å². The van der Waals surface area contributed by atoms with E-state index in [0.717, 1.165) is 36.9 Å². The van der Waals surface area contributed by atoms with Crippen molar-refractivity contribution in [3.8, 4) is 0 Å². The Morgan fingerprint density at radius 2 is 1.90 bits per heavy atom. The maximum atomic E-state index is 6.43. The summed E-state index contributed by atoms with van der Waals surface area (Å²) in [4.78, 5) is 7.63. The van der Waals surface area contributed by atoms with E-state index in [2.05, 4.69) is 33.8 Å². The highest BCUT2D eigenvalue weighted by molar-refractivity contribution is 6.30. The first-order chi connectivity index (χ1) is 10.1. The van der Waals surface area contributed by atoms with E-state index in [0.29, 0.717) is 6.04 Å². The Morgan fingerprint density at radius 3 is 2.67 bits per heavy atom. The Bertz CT molecular complexity index is 500. The number of fused-ring (bicyclic) bond motifs is 1. The van der Waals surface area contributed by atoms with Gasteiger partial charge in [0, 0.05) is 64.5 Å². The van der Waals surface area contributed by atoms with Gasteiger partial charge in [-0.1, -0.05) is 18.5 Å². The van der Waals surface area contributed by atoms with Gasteiger partial charge >= 0.3 is 0 Å². The molecule has 5 nitrogen and oxygen atoms in total. The molecule has 2 fully saturated rings. The second-order valence-electron chi connectivity index (χ2n) is 6.38. The van der Waals surface area contributed by atoms with Crippen molar-refractivity contribution in [3.05, 3.63) is 16.4 Å². The Hall–Kier alpha value is -0.620. The number of likely N-dealkylation sites (N-methyl/N-ethyl adjacent to an activating group) is 1. The van der Waals surface area contributed by atoms with E-state index in [1.54, 1.807) is 4.68 Å². The molecular weight excluding hydrogens is 286 g/mol. The summed E-state index contributed by atoms with van der Waals surface area (Å²) in [6, 6.07) is 0.665. The fraction of sp³-hybridized carbons (Fsp3) is 0.800. The van der Waals surface area contributed by atoms with E-state index in [9.17, 15) is 0 Å². The zero-order valence-electron chi connectivity index (χ0n) is 13.3. The summed E-state index contributed by atoms with van der Waals surface area (Å²) in [7, 11) is 4.16. The number of hydrogen-bond acceptors (Lipinski definition) is 4. The molecule has 0 spiro atoms. The number of aryl methyl sites for hydroxylation is 2. The lowest BCUT2D eigenvalue weighted by atomic mass is 10.1. The molecule has 6 heteroatoms. The van der Waals surface area contributed by atoms with Crippen LogP contribution in [0.5, 0.6) is 0 Å². The summed E-state index contributed by atoms with van der Waals surface area (Å²) in [5.74, 6) is 0. The Labute approximate surface area is 132 Å². The highest BCUT2D eigenvalue weighted by Gasteiger charge is 2.31. The van der Waals surface area contributed by atoms with Crippen LogP contribution in [0.3, 0.4) is 0 Å². The van der Waals surface area contributed by atoms with Crippen molar-refractivity contribution in [1.29, 1.82) is 0 Å². The summed E-state index contributed by atoms with van der Waals surface area (Å²) in [5, 5.41) is 5.33. The number of rotatable bonds is 3. The molecule has 0 saturated carbocycles. The number of hydrogen-bond donors (Lipinski definition) is 0. The van der Waals surface area contributed by atoms with Gasteiger partial charge in [-0.05, 0) is 13.5 Å². The van der Waals surface area contributed by atoms with Crippen LogP contribution in [0.15, 0.2) is 0 Å². The van der Waals surface area contributed by atoms with E-state index >= 15 is 0 Å². The predicted molar refractivity (Wildman–Crippen MR) is 85.7 cm³/mol. The van der Waals surface area contributed by atoms with E-state index in [4.69, 9.17) is 11.6 Å². The van der Waals surface area contributed by atoms with Crippen LogP contribution in [-0.2, 0) is 20.0 Å². The van der Waals surface area contributed by atoms with Crippen LogP contribution >= 0.6 is 11.6 Å². The van der Waals surface area contributed by atoms with Crippen LogP contribution in [0.2, 0.25) is 5.15 Å². The molecule has 21 heavy (non-hydrogen) atoms. The maximum absolute atomic E-state index is 6.43. The third kappa shape index (κ3) is 3.11. The summed E-state index contributed by atoms with van der Waals surface area (Å²) in [6.07, 6.45) is 0.946. The van der Waals surface area contributed by atoms with E-state index in [1.807, 2.05) is 7.05 Å². The molecule has 0 N–H and O–H groups in total. The van der Waals surface area contributed by atoms with E-state index in [-0.39, 0.29) is 0 Å². The quantitative estimate of drug-likeness (QED) is 0.834. The molecule has 1 atom stereocenters. The van der Waals surface area contributed by atoms with Gasteiger partial charge in [0.1, 0.15) is 5.15 Å². The minimum atomic E-state index is 0.665. The molecule has 0 bridgehead atoms. The minimum absolute atomic E-state index is 0.665. The standard InChI is InChI=1S/C15H26ClN5/c1-4-14-13(15(16)19(3)17-14)11-20-6-8-21-7-5-18(2)9-12(21)10-20/h12H,4-11H2,1-3H3. The van der Waals surface area contributed by atoms with Crippen molar-refractivity contribution in [2.45, 2.75) is 25.9 Å². The molecule has 1 aromatic rings. The van der Waals surface area contributed by atoms with Gasteiger partial charge in [0.25, 0.3) is 0 Å². The zero-order chi connectivity index (χ0) is 15.0. The highest BCUT2D eigenvalue weighted by Crippen LogP contribution is 2.23. The van der Waals surface area contributed by atoms with Crippen LogP contribution in [0, 0.1) is 0 Å². The summed E-state index contributed by atoms with van der Waals surface area (Å²) in [5.41, 5.74) is 2.37. The van der Waals surface area contributed by atoms with Crippen molar-refractivity contribution in [2.75, 3.05) is 46.3 Å². The van der Waals surface area contributed by atoms with E-state index in [1.165, 1.54) is 31.7 Å². The average Bonchev–Trinajstić information content (AvgIpc) is 2.74. The molecule has 2 aliphatic heterocycles. The maximum Gasteiger partial charge on any atom is 0.131 e. The topological polar surface area (TPSA) is 27.5 Å². The van der Waals surface area contributed by atoms with Gasteiger partial charge in [-0.3, -0.25) is 14.5 Å². The molecule has 0 aromatic carbocycles. The van der Waals surface area contributed by atoms with Gasteiger partial charge in [-0.2, -0.15) is 5.10 Å². The molecule has 2 aliphatic rings. The minimum Gasteiger partial charge on any atom is -0.303 e. The first kappa shape index (κ1) is 15.3. The largest absolute Gasteiger partial charge is 0.303 e. The fourth-order valence-corrected chi connectivity index (χ4v) is 3.79. The number of aromatic nitrogens is 2. The number of halogens is 1. The zero-order valence-corrected chi connectivity index (χ0v) is 14.1. The second kappa shape index (κ2) is 6.24. The van der Waals surface area contributed by atoms with Crippen LogP contribution in [0.25, 0.3) is 0 Å². The molecule has 118 valence electrons. The van der Waals surface area contributed by atoms with Gasteiger partial charge in [0.05, 0.1) is 5.69 Å². The van der Waals surface area contributed by atoms with Gasteiger partial charge in [-0.25, -0.2) is 0 Å². The summed E-state index contributed by atoms with van der Waals surface area (Å²) >= 11 is 6.43. The van der Waals surface area contributed by atoms with Crippen LogP contribution in [-0.4, -0.2) is 76.8 Å². The molecule has 0 amide bonds.